The molecule has 1 N–H and O–H groups in total. The minimum atomic E-state index is -5.30. The predicted molar refractivity (Wildman–Crippen MR) is 48.5 cm³/mol. The van der Waals surface area contributed by atoms with Crippen LogP contribution in [0.1, 0.15) is 19.8 Å². The molecule has 0 atom stereocenters. The van der Waals surface area contributed by atoms with Crippen LogP contribution in [0.25, 0.3) is 0 Å². The second-order valence-corrected chi connectivity index (χ2v) is 4.86. The Kier molecular flexibility index (Phi) is 5.54. The van der Waals surface area contributed by atoms with Crippen LogP contribution in [0.5, 0.6) is 0 Å². The number of aliphatic hydroxyl groups is 1. The Balaban J connectivity index is 4.75. The molecule has 92 valence electrons. The Hall–Kier alpha value is -0.340. The summed E-state index contributed by atoms with van der Waals surface area (Å²) >= 11 is 0. The SMILES string of the molecule is CCCCN(CCO)S(=O)(=O)C(F)(F)F. The lowest BCUT2D eigenvalue weighted by atomic mass is 10.3. The molecule has 0 aromatic carbocycles. The zero-order valence-corrected chi connectivity index (χ0v) is 9.11. The van der Waals surface area contributed by atoms with E-state index in [-0.39, 0.29) is 10.8 Å². The van der Waals surface area contributed by atoms with Crippen molar-refractivity contribution in [3.63, 3.8) is 0 Å². The van der Waals surface area contributed by atoms with E-state index in [0.717, 1.165) is 0 Å². The first kappa shape index (κ1) is 14.7. The van der Waals surface area contributed by atoms with Crippen LogP contribution in [-0.2, 0) is 10.0 Å². The van der Waals surface area contributed by atoms with Crippen molar-refractivity contribution in [2.75, 3.05) is 19.7 Å². The zero-order chi connectivity index (χ0) is 12.1. The van der Waals surface area contributed by atoms with Gasteiger partial charge in [-0.05, 0) is 6.42 Å². The zero-order valence-electron chi connectivity index (χ0n) is 8.29. The van der Waals surface area contributed by atoms with E-state index in [9.17, 15) is 21.6 Å². The molecular formula is C7H14F3NO3S. The van der Waals surface area contributed by atoms with Gasteiger partial charge in [0.25, 0.3) is 0 Å². The van der Waals surface area contributed by atoms with E-state index in [1.54, 1.807) is 6.92 Å². The van der Waals surface area contributed by atoms with E-state index in [2.05, 4.69) is 0 Å². The molecule has 8 heteroatoms. The molecule has 0 spiro atoms. The molecule has 0 bridgehead atoms. The van der Waals surface area contributed by atoms with Gasteiger partial charge in [0.2, 0.25) is 0 Å². The molecule has 0 aliphatic rings. The predicted octanol–water partition coefficient (Wildman–Crippen LogP) is 0.930. The molecular weight excluding hydrogens is 235 g/mol. The Morgan fingerprint density at radius 1 is 1.27 bits per heavy atom. The average molecular weight is 249 g/mol. The maximum atomic E-state index is 12.1. The van der Waals surface area contributed by atoms with E-state index in [1.165, 1.54) is 0 Å². The number of unbranched alkanes of at least 4 members (excludes halogenated alkanes) is 1. The number of rotatable bonds is 6. The molecule has 0 saturated carbocycles. The Bertz CT molecular complexity index is 276. The molecule has 0 saturated heterocycles. The van der Waals surface area contributed by atoms with Gasteiger partial charge in [0.1, 0.15) is 0 Å². The molecule has 0 aliphatic carbocycles. The fourth-order valence-electron chi connectivity index (χ4n) is 0.945. The minimum Gasteiger partial charge on any atom is -0.395 e. The quantitative estimate of drug-likeness (QED) is 0.762. The number of nitrogens with zero attached hydrogens (tertiary/aromatic N) is 1. The van der Waals surface area contributed by atoms with Gasteiger partial charge in [-0.3, -0.25) is 0 Å². The topological polar surface area (TPSA) is 57.6 Å². The van der Waals surface area contributed by atoms with Crippen molar-refractivity contribution in [3.05, 3.63) is 0 Å². The molecule has 0 aromatic rings. The third kappa shape index (κ3) is 3.96. The standard InChI is InChI=1S/C7H14F3NO3S/c1-2-3-4-11(5-6-12)15(13,14)7(8,9)10/h12H,2-6H2,1H3. The molecule has 0 fully saturated rings. The number of hydrogen-bond donors (Lipinski definition) is 1. The van der Waals surface area contributed by atoms with E-state index in [1.807, 2.05) is 0 Å². The van der Waals surface area contributed by atoms with Crippen LogP contribution in [0.2, 0.25) is 0 Å². The monoisotopic (exact) mass is 249 g/mol. The van der Waals surface area contributed by atoms with Gasteiger partial charge in [0.05, 0.1) is 6.61 Å². The summed E-state index contributed by atoms with van der Waals surface area (Å²) in [5.74, 6) is 0. The smallest absolute Gasteiger partial charge is 0.395 e. The van der Waals surface area contributed by atoms with Gasteiger partial charge in [0, 0.05) is 13.1 Å². The van der Waals surface area contributed by atoms with Gasteiger partial charge in [0.15, 0.2) is 0 Å². The van der Waals surface area contributed by atoms with Crippen molar-refractivity contribution >= 4 is 10.0 Å². The van der Waals surface area contributed by atoms with Gasteiger partial charge < -0.3 is 5.11 Å². The number of alkyl halides is 3. The lowest BCUT2D eigenvalue weighted by Gasteiger charge is -2.21. The lowest BCUT2D eigenvalue weighted by molar-refractivity contribution is -0.0492. The summed E-state index contributed by atoms with van der Waals surface area (Å²) in [7, 11) is -5.30. The Labute approximate surface area is 86.7 Å². The summed E-state index contributed by atoms with van der Waals surface area (Å²) in [5, 5.41) is 8.49. The van der Waals surface area contributed by atoms with Gasteiger partial charge in [-0.2, -0.15) is 17.5 Å². The Morgan fingerprint density at radius 2 is 1.80 bits per heavy atom. The summed E-state index contributed by atoms with van der Waals surface area (Å²) < 4.78 is 58.5. The van der Waals surface area contributed by atoms with Crippen molar-refractivity contribution in [2.45, 2.75) is 25.3 Å². The average Bonchev–Trinajstić information content (AvgIpc) is 2.10. The largest absolute Gasteiger partial charge is 0.511 e. The minimum absolute atomic E-state index is 0.223. The molecule has 0 aromatic heterocycles. The number of sulfonamides is 1. The Morgan fingerprint density at radius 3 is 2.13 bits per heavy atom. The highest BCUT2D eigenvalue weighted by atomic mass is 32.2. The number of aliphatic hydroxyl groups excluding tert-OH is 1. The third-order valence-corrected chi connectivity index (χ3v) is 3.37. The van der Waals surface area contributed by atoms with E-state index in [0.29, 0.717) is 12.8 Å². The highest BCUT2D eigenvalue weighted by Crippen LogP contribution is 2.26. The molecule has 4 nitrogen and oxygen atoms in total. The maximum Gasteiger partial charge on any atom is 0.511 e. The first-order valence-electron chi connectivity index (χ1n) is 4.44. The maximum absolute atomic E-state index is 12.1. The van der Waals surface area contributed by atoms with Crippen molar-refractivity contribution in [1.82, 2.24) is 4.31 Å². The van der Waals surface area contributed by atoms with Crippen LogP contribution in [0.4, 0.5) is 13.2 Å². The summed E-state index contributed by atoms with van der Waals surface area (Å²) in [6.07, 6.45) is 0.907. The normalized spacial score (nSPS) is 13.5. The first-order valence-corrected chi connectivity index (χ1v) is 5.88. The lowest BCUT2D eigenvalue weighted by Crippen LogP contribution is -2.42. The summed E-state index contributed by atoms with van der Waals surface area (Å²) in [6, 6.07) is 0. The fraction of sp³-hybridized carbons (Fsp3) is 1.00. The molecule has 0 radical (unpaired) electrons. The van der Waals surface area contributed by atoms with Crippen LogP contribution in [-0.4, -0.2) is 43.0 Å². The second kappa shape index (κ2) is 5.66. The third-order valence-electron chi connectivity index (χ3n) is 1.74. The van der Waals surface area contributed by atoms with Gasteiger partial charge in [-0.25, -0.2) is 8.42 Å². The van der Waals surface area contributed by atoms with Crippen LogP contribution in [0.3, 0.4) is 0 Å². The van der Waals surface area contributed by atoms with Crippen molar-refractivity contribution in [3.8, 4) is 0 Å². The number of halogens is 3. The van der Waals surface area contributed by atoms with Gasteiger partial charge >= 0.3 is 15.5 Å². The van der Waals surface area contributed by atoms with Crippen molar-refractivity contribution in [1.29, 1.82) is 0 Å². The molecule has 0 aliphatic heterocycles. The van der Waals surface area contributed by atoms with Crippen LogP contribution >= 0.6 is 0 Å². The van der Waals surface area contributed by atoms with E-state index < -0.39 is 28.7 Å². The van der Waals surface area contributed by atoms with Gasteiger partial charge in [-0.15, -0.1) is 0 Å². The van der Waals surface area contributed by atoms with E-state index in [4.69, 9.17) is 5.11 Å². The summed E-state index contributed by atoms with van der Waals surface area (Å²) in [5.41, 5.74) is -5.30. The van der Waals surface area contributed by atoms with Crippen molar-refractivity contribution in [2.24, 2.45) is 0 Å². The van der Waals surface area contributed by atoms with Crippen LogP contribution in [0.15, 0.2) is 0 Å². The molecule has 0 rings (SSSR count). The summed E-state index contributed by atoms with van der Waals surface area (Å²) in [6.45, 7) is 0.358. The van der Waals surface area contributed by atoms with E-state index >= 15 is 0 Å². The molecule has 0 amide bonds. The number of hydrogen-bond acceptors (Lipinski definition) is 3. The first-order chi connectivity index (χ1) is 6.77. The van der Waals surface area contributed by atoms with Crippen molar-refractivity contribution < 1.29 is 26.7 Å². The van der Waals surface area contributed by atoms with Gasteiger partial charge in [-0.1, -0.05) is 13.3 Å². The highest BCUT2D eigenvalue weighted by molar-refractivity contribution is 7.90. The van der Waals surface area contributed by atoms with Crippen LogP contribution < -0.4 is 0 Å². The summed E-state index contributed by atoms with van der Waals surface area (Å²) in [4.78, 5) is 0. The van der Waals surface area contributed by atoms with Crippen LogP contribution in [0, 0.1) is 0 Å². The second-order valence-electron chi connectivity index (χ2n) is 2.93. The molecule has 0 heterocycles. The molecule has 0 unspecified atom stereocenters. The fourth-order valence-corrected chi connectivity index (χ4v) is 1.93. The highest BCUT2D eigenvalue weighted by Gasteiger charge is 2.49. The molecule has 15 heavy (non-hydrogen) atoms.